The number of aromatic amines is 1. The number of imidazole rings is 2. The van der Waals surface area contributed by atoms with Gasteiger partial charge in [0.2, 0.25) is 0 Å². The maximum Gasteiger partial charge on any atom is 0.130 e. The Morgan fingerprint density at radius 3 is 2.61 bits per heavy atom. The van der Waals surface area contributed by atoms with Gasteiger partial charge in [0.05, 0.1) is 17.7 Å². The van der Waals surface area contributed by atoms with Crippen molar-refractivity contribution in [2.45, 2.75) is 20.3 Å². The lowest BCUT2D eigenvalue weighted by atomic mass is 10.1. The minimum atomic E-state index is -0.223. The van der Waals surface area contributed by atoms with Crippen LogP contribution in [0.3, 0.4) is 0 Å². The van der Waals surface area contributed by atoms with E-state index in [1.165, 1.54) is 17.7 Å². The number of aromatic nitrogens is 4. The predicted molar refractivity (Wildman–Crippen MR) is 110 cm³/mol. The molecule has 0 unspecified atom stereocenters. The molecule has 0 amide bonds. The Bertz CT molecular complexity index is 1120. The Hall–Kier alpha value is -3.47. The number of benzene rings is 2. The van der Waals surface area contributed by atoms with Crippen LogP contribution in [0.25, 0.3) is 17.8 Å². The van der Waals surface area contributed by atoms with Crippen LogP contribution in [0.2, 0.25) is 0 Å². The molecule has 4 rings (SSSR count). The normalized spacial score (nSPS) is 11.4. The number of H-pyrrole nitrogens is 1. The maximum absolute atomic E-state index is 13.0. The summed E-state index contributed by atoms with van der Waals surface area (Å²) in [5.41, 5.74) is 6.36. The fourth-order valence-electron chi connectivity index (χ4n) is 3.16. The quantitative estimate of drug-likeness (QED) is 0.529. The summed E-state index contributed by atoms with van der Waals surface area (Å²) in [6.45, 7) is 4.08. The lowest BCUT2D eigenvalue weighted by Crippen LogP contribution is -1.94. The van der Waals surface area contributed by atoms with E-state index in [1.807, 2.05) is 42.4 Å². The Labute approximate surface area is 163 Å². The zero-order valence-corrected chi connectivity index (χ0v) is 15.9. The van der Waals surface area contributed by atoms with Crippen molar-refractivity contribution in [3.8, 4) is 5.69 Å². The van der Waals surface area contributed by atoms with Crippen molar-refractivity contribution < 1.29 is 4.39 Å². The fraction of sp³-hybridized carbons (Fsp3) is 0.130. The third kappa shape index (κ3) is 4.09. The molecule has 0 atom stereocenters. The van der Waals surface area contributed by atoms with Gasteiger partial charge in [-0.1, -0.05) is 24.3 Å². The second-order valence-electron chi connectivity index (χ2n) is 6.88. The third-order valence-corrected chi connectivity index (χ3v) is 4.59. The van der Waals surface area contributed by atoms with Crippen LogP contribution in [-0.4, -0.2) is 19.5 Å². The minimum absolute atomic E-state index is 0.223. The van der Waals surface area contributed by atoms with Crippen molar-refractivity contribution in [3.63, 3.8) is 0 Å². The first kappa shape index (κ1) is 17.9. The van der Waals surface area contributed by atoms with Gasteiger partial charge in [0.1, 0.15) is 11.6 Å². The van der Waals surface area contributed by atoms with E-state index in [0.717, 1.165) is 34.0 Å². The monoisotopic (exact) mass is 372 g/mol. The topological polar surface area (TPSA) is 46.5 Å². The molecule has 0 saturated carbocycles. The first-order chi connectivity index (χ1) is 13.6. The Kier molecular flexibility index (Phi) is 4.89. The smallest absolute Gasteiger partial charge is 0.130 e. The van der Waals surface area contributed by atoms with Crippen molar-refractivity contribution in [2.75, 3.05) is 0 Å². The summed E-state index contributed by atoms with van der Waals surface area (Å²) in [5.74, 6) is 0.572. The molecule has 0 radical (unpaired) electrons. The fourth-order valence-corrected chi connectivity index (χ4v) is 3.16. The summed E-state index contributed by atoms with van der Waals surface area (Å²) in [6, 6.07) is 12.8. The van der Waals surface area contributed by atoms with Crippen LogP contribution in [-0.2, 0) is 6.42 Å². The van der Waals surface area contributed by atoms with Crippen molar-refractivity contribution in [1.82, 2.24) is 19.5 Å². The first-order valence-corrected chi connectivity index (χ1v) is 9.15. The molecule has 1 N–H and O–H groups in total. The number of rotatable bonds is 5. The minimum Gasteiger partial charge on any atom is -0.345 e. The second kappa shape index (κ2) is 7.64. The van der Waals surface area contributed by atoms with Crippen LogP contribution in [0.4, 0.5) is 4.39 Å². The molecule has 140 valence electrons. The lowest BCUT2D eigenvalue weighted by Gasteiger charge is -2.07. The number of hydrogen-bond acceptors (Lipinski definition) is 2. The molecule has 0 aliphatic rings. The molecule has 0 spiro atoms. The summed E-state index contributed by atoms with van der Waals surface area (Å²) < 4.78 is 15.0. The predicted octanol–water partition coefficient (Wildman–Crippen LogP) is 5.11. The second-order valence-corrected chi connectivity index (χ2v) is 6.88. The van der Waals surface area contributed by atoms with Gasteiger partial charge in [-0.05, 0) is 60.9 Å². The Balaban J connectivity index is 1.46. The van der Waals surface area contributed by atoms with E-state index in [1.54, 1.807) is 12.1 Å². The SMILES string of the molecule is Cc1cn(-c2ccc(/C=C/c3nc(Cc4ccc(F)cc4)c[nH]3)cc2C)cn1. The molecule has 2 aromatic carbocycles. The molecule has 0 bridgehead atoms. The number of aryl methyl sites for hydroxylation is 2. The van der Waals surface area contributed by atoms with E-state index < -0.39 is 0 Å². The molecule has 5 heteroatoms. The zero-order valence-electron chi connectivity index (χ0n) is 15.9. The highest BCUT2D eigenvalue weighted by Crippen LogP contribution is 2.18. The van der Waals surface area contributed by atoms with E-state index in [9.17, 15) is 4.39 Å². The highest BCUT2D eigenvalue weighted by molar-refractivity contribution is 5.68. The molecule has 28 heavy (non-hydrogen) atoms. The molecule has 2 aromatic heterocycles. The molecule has 2 heterocycles. The van der Waals surface area contributed by atoms with Gasteiger partial charge in [-0.3, -0.25) is 0 Å². The van der Waals surface area contributed by atoms with Crippen LogP contribution >= 0.6 is 0 Å². The molecule has 0 fully saturated rings. The summed E-state index contributed by atoms with van der Waals surface area (Å²) >= 11 is 0. The number of nitrogens with one attached hydrogen (secondary N) is 1. The molecular formula is C23H21FN4. The van der Waals surface area contributed by atoms with Gasteiger partial charge in [0.25, 0.3) is 0 Å². The van der Waals surface area contributed by atoms with Crippen molar-refractivity contribution in [1.29, 1.82) is 0 Å². The molecule has 4 nitrogen and oxygen atoms in total. The summed E-state index contributed by atoms with van der Waals surface area (Å²) in [7, 11) is 0. The standard InChI is InChI=1S/C23H21FN4/c1-16-11-18(5-9-22(16)28-14-17(2)26-15-28)6-10-23-25-13-21(27-23)12-19-3-7-20(24)8-4-19/h3-11,13-15H,12H2,1-2H3,(H,25,27)/b10-6+. The molecular weight excluding hydrogens is 351 g/mol. The first-order valence-electron chi connectivity index (χ1n) is 9.15. The molecule has 0 saturated heterocycles. The summed E-state index contributed by atoms with van der Waals surface area (Å²) in [6.07, 6.45) is 10.4. The van der Waals surface area contributed by atoms with Crippen molar-refractivity contribution >= 4 is 12.2 Å². The van der Waals surface area contributed by atoms with Crippen molar-refractivity contribution in [2.24, 2.45) is 0 Å². The third-order valence-electron chi connectivity index (χ3n) is 4.59. The molecule has 4 aromatic rings. The van der Waals surface area contributed by atoms with Crippen LogP contribution in [0, 0.1) is 19.7 Å². The van der Waals surface area contributed by atoms with Crippen molar-refractivity contribution in [3.05, 3.63) is 101 Å². The number of hydrogen-bond donors (Lipinski definition) is 1. The average Bonchev–Trinajstić information content (AvgIpc) is 3.31. The largest absolute Gasteiger partial charge is 0.345 e. The highest BCUT2D eigenvalue weighted by atomic mass is 19.1. The Morgan fingerprint density at radius 1 is 1.07 bits per heavy atom. The Morgan fingerprint density at radius 2 is 1.89 bits per heavy atom. The van der Waals surface area contributed by atoms with Gasteiger partial charge >= 0.3 is 0 Å². The van der Waals surface area contributed by atoms with E-state index in [-0.39, 0.29) is 5.82 Å². The summed E-state index contributed by atoms with van der Waals surface area (Å²) in [4.78, 5) is 12.0. The molecule has 0 aliphatic carbocycles. The van der Waals surface area contributed by atoms with E-state index >= 15 is 0 Å². The van der Waals surface area contributed by atoms with E-state index in [4.69, 9.17) is 0 Å². The maximum atomic E-state index is 13.0. The van der Waals surface area contributed by atoms with Gasteiger partial charge in [-0.25, -0.2) is 14.4 Å². The lowest BCUT2D eigenvalue weighted by molar-refractivity contribution is 0.627. The average molecular weight is 372 g/mol. The van der Waals surface area contributed by atoms with Gasteiger partial charge in [0.15, 0.2) is 0 Å². The van der Waals surface area contributed by atoms with Gasteiger partial charge in [-0.15, -0.1) is 0 Å². The van der Waals surface area contributed by atoms with Crippen LogP contribution in [0.15, 0.2) is 61.2 Å². The van der Waals surface area contributed by atoms with Gasteiger partial charge in [-0.2, -0.15) is 0 Å². The zero-order chi connectivity index (χ0) is 19.5. The van der Waals surface area contributed by atoms with Crippen LogP contribution < -0.4 is 0 Å². The van der Waals surface area contributed by atoms with E-state index in [2.05, 4.69) is 40.1 Å². The van der Waals surface area contributed by atoms with E-state index in [0.29, 0.717) is 6.42 Å². The number of nitrogens with zero attached hydrogens (tertiary/aromatic N) is 3. The number of halogens is 1. The van der Waals surface area contributed by atoms with Crippen LogP contribution in [0.5, 0.6) is 0 Å². The summed E-state index contributed by atoms with van der Waals surface area (Å²) in [5, 5.41) is 0. The molecule has 0 aliphatic heterocycles. The van der Waals surface area contributed by atoms with Gasteiger partial charge in [0, 0.05) is 24.5 Å². The van der Waals surface area contributed by atoms with Gasteiger partial charge < -0.3 is 9.55 Å². The highest BCUT2D eigenvalue weighted by Gasteiger charge is 2.04. The van der Waals surface area contributed by atoms with Crippen LogP contribution in [0.1, 0.15) is 33.9 Å².